The average molecular weight is 432 g/mol. The molecule has 1 aliphatic rings. The topological polar surface area (TPSA) is 75.3 Å². The van der Waals surface area contributed by atoms with Gasteiger partial charge < -0.3 is 4.74 Å². The molecule has 3 rings (SSSR count). The van der Waals surface area contributed by atoms with Crippen molar-refractivity contribution in [3.05, 3.63) is 39.6 Å². The van der Waals surface area contributed by atoms with Crippen molar-refractivity contribution in [1.29, 1.82) is 0 Å². The van der Waals surface area contributed by atoms with E-state index in [9.17, 15) is 8.42 Å². The Kier molecular flexibility index (Phi) is 4.96. The normalized spacial score (nSPS) is 18.9. The van der Waals surface area contributed by atoms with Gasteiger partial charge in [-0.05, 0) is 47.5 Å². The van der Waals surface area contributed by atoms with Gasteiger partial charge in [-0.3, -0.25) is 5.10 Å². The molecule has 0 spiro atoms. The number of aromatic amines is 1. The molecule has 1 N–H and O–H groups in total. The lowest BCUT2D eigenvalue weighted by molar-refractivity contribution is 0.410. The van der Waals surface area contributed by atoms with Crippen molar-refractivity contribution in [3.8, 4) is 5.75 Å². The SMILES string of the molecule is COc1ccc(C2SCCN2S(=O)(=O)c2c(C)n[nH]c2C)cc1Br. The molecule has 0 bridgehead atoms. The zero-order chi connectivity index (χ0) is 17.5. The van der Waals surface area contributed by atoms with E-state index in [0.29, 0.717) is 17.9 Å². The largest absolute Gasteiger partial charge is 0.496 e. The number of methoxy groups -OCH3 is 1. The first-order valence-corrected chi connectivity index (χ1v) is 10.6. The van der Waals surface area contributed by atoms with Crippen molar-refractivity contribution in [3.63, 3.8) is 0 Å². The summed E-state index contributed by atoms with van der Waals surface area (Å²) in [5.74, 6) is 1.47. The highest BCUT2D eigenvalue weighted by Crippen LogP contribution is 2.43. The van der Waals surface area contributed by atoms with Crippen LogP contribution in [0.1, 0.15) is 22.3 Å². The molecule has 6 nitrogen and oxygen atoms in total. The minimum atomic E-state index is -3.61. The van der Waals surface area contributed by atoms with Crippen molar-refractivity contribution >= 4 is 37.7 Å². The van der Waals surface area contributed by atoms with Crippen molar-refractivity contribution in [2.45, 2.75) is 24.1 Å². The minimum Gasteiger partial charge on any atom is -0.496 e. The van der Waals surface area contributed by atoms with Crippen LogP contribution in [0.3, 0.4) is 0 Å². The molecule has 2 heterocycles. The Morgan fingerprint density at radius 1 is 1.42 bits per heavy atom. The van der Waals surface area contributed by atoms with E-state index in [4.69, 9.17) is 4.74 Å². The molecular weight excluding hydrogens is 414 g/mol. The van der Waals surface area contributed by atoms with Gasteiger partial charge in [0.2, 0.25) is 10.0 Å². The Balaban J connectivity index is 2.01. The van der Waals surface area contributed by atoms with Crippen molar-refractivity contribution in [2.75, 3.05) is 19.4 Å². The van der Waals surface area contributed by atoms with Crippen LogP contribution in [-0.2, 0) is 10.0 Å². The maximum absolute atomic E-state index is 13.1. The third-order valence-electron chi connectivity index (χ3n) is 3.94. The van der Waals surface area contributed by atoms with Gasteiger partial charge in [0, 0.05) is 12.3 Å². The number of sulfonamides is 1. The summed E-state index contributed by atoms with van der Waals surface area (Å²) in [7, 11) is -2.01. The molecule has 1 saturated heterocycles. The number of nitrogens with zero attached hydrogens (tertiary/aromatic N) is 2. The Morgan fingerprint density at radius 3 is 2.75 bits per heavy atom. The lowest BCUT2D eigenvalue weighted by Crippen LogP contribution is -2.31. The van der Waals surface area contributed by atoms with Gasteiger partial charge in [-0.1, -0.05) is 6.07 Å². The number of rotatable bonds is 4. The predicted octanol–water partition coefficient (Wildman–Crippen LogP) is 3.23. The molecular formula is C15H18BrN3O3S2. The monoisotopic (exact) mass is 431 g/mol. The Hall–Kier alpha value is -1.03. The van der Waals surface area contributed by atoms with E-state index in [1.54, 1.807) is 37.0 Å². The van der Waals surface area contributed by atoms with Gasteiger partial charge in [-0.2, -0.15) is 9.40 Å². The number of thioether (sulfide) groups is 1. The lowest BCUT2D eigenvalue weighted by atomic mass is 10.2. The van der Waals surface area contributed by atoms with E-state index in [1.165, 1.54) is 0 Å². The predicted molar refractivity (Wildman–Crippen MR) is 97.8 cm³/mol. The molecule has 9 heteroatoms. The maximum Gasteiger partial charge on any atom is 0.248 e. The quantitative estimate of drug-likeness (QED) is 0.803. The van der Waals surface area contributed by atoms with E-state index in [1.807, 2.05) is 18.2 Å². The highest BCUT2D eigenvalue weighted by Gasteiger charge is 2.39. The molecule has 1 fully saturated rings. The van der Waals surface area contributed by atoms with Gasteiger partial charge in [-0.25, -0.2) is 8.42 Å². The number of ether oxygens (including phenoxy) is 1. The maximum atomic E-state index is 13.1. The second-order valence-electron chi connectivity index (χ2n) is 5.50. The molecule has 1 aliphatic heterocycles. The summed E-state index contributed by atoms with van der Waals surface area (Å²) in [6.45, 7) is 3.92. The standard InChI is InChI=1S/C15H18BrN3O3S2/c1-9-14(10(2)18-17-9)24(20,21)19-6-7-23-15(19)11-4-5-13(22-3)12(16)8-11/h4-5,8,15H,6-7H2,1-3H3,(H,17,18). The van der Waals surface area contributed by atoms with Gasteiger partial charge in [0.05, 0.1) is 28.3 Å². The van der Waals surface area contributed by atoms with Gasteiger partial charge in [0.15, 0.2) is 0 Å². The fourth-order valence-corrected chi connectivity index (χ4v) is 6.96. The summed E-state index contributed by atoms with van der Waals surface area (Å²) >= 11 is 5.09. The van der Waals surface area contributed by atoms with E-state index in [-0.39, 0.29) is 10.3 Å². The molecule has 2 aromatic rings. The van der Waals surface area contributed by atoms with Crippen LogP contribution >= 0.6 is 27.7 Å². The molecule has 0 saturated carbocycles. The van der Waals surface area contributed by atoms with Crippen molar-refractivity contribution in [1.82, 2.24) is 14.5 Å². The molecule has 0 amide bonds. The summed E-state index contributed by atoms with van der Waals surface area (Å²) in [4.78, 5) is 0.280. The van der Waals surface area contributed by atoms with Crippen LogP contribution in [-0.4, -0.2) is 42.3 Å². The molecule has 1 aromatic carbocycles. The second kappa shape index (κ2) is 6.70. The fraction of sp³-hybridized carbons (Fsp3) is 0.400. The van der Waals surface area contributed by atoms with E-state index >= 15 is 0 Å². The number of hydrogen-bond acceptors (Lipinski definition) is 5. The Morgan fingerprint density at radius 2 is 2.17 bits per heavy atom. The number of aromatic nitrogens is 2. The molecule has 24 heavy (non-hydrogen) atoms. The molecule has 0 aliphatic carbocycles. The lowest BCUT2D eigenvalue weighted by Gasteiger charge is -2.24. The zero-order valence-electron chi connectivity index (χ0n) is 13.5. The van der Waals surface area contributed by atoms with Gasteiger partial charge >= 0.3 is 0 Å². The summed E-state index contributed by atoms with van der Waals surface area (Å²) in [5.41, 5.74) is 1.99. The van der Waals surface area contributed by atoms with Crippen LogP contribution in [0.15, 0.2) is 27.6 Å². The van der Waals surface area contributed by atoms with Crippen LogP contribution in [0.5, 0.6) is 5.75 Å². The molecule has 1 atom stereocenters. The number of aryl methyl sites for hydroxylation is 2. The van der Waals surface area contributed by atoms with Crippen LogP contribution < -0.4 is 4.74 Å². The number of nitrogens with one attached hydrogen (secondary N) is 1. The molecule has 130 valence electrons. The third-order valence-corrected chi connectivity index (χ3v) is 8.08. The first-order chi connectivity index (χ1) is 11.4. The van der Waals surface area contributed by atoms with Crippen LogP contribution in [0.2, 0.25) is 0 Å². The second-order valence-corrected chi connectivity index (χ2v) is 9.37. The van der Waals surface area contributed by atoms with Crippen LogP contribution in [0, 0.1) is 13.8 Å². The number of H-pyrrole nitrogens is 1. The van der Waals surface area contributed by atoms with E-state index in [2.05, 4.69) is 26.1 Å². The highest BCUT2D eigenvalue weighted by molar-refractivity contribution is 9.10. The third kappa shape index (κ3) is 2.98. The smallest absolute Gasteiger partial charge is 0.248 e. The van der Waals surface area contributed by atoms with Gasteiger partial charge in [0.25, 0.3) is 0 Å². The number of halogens is 1. The number of hydrogen-bond donors (Lipinski definition) is 1. The van der Waals surface area contributed by atoms with E-state index in [0.717, 1.165) is 21.5 Å². The molecule has 0 radical (unpaired) electrons. The zero-order valence-corrected chi connectivity index (χ0v) is 16.8. The summed E-state index contributed by atoms with van der Waals surface area (Å²) in [6.07, 6.45) is 0. The van der Waals surface area contributed by atoms with E-state index < -0.39 is 10.0 Å². The summed E-state index contributed by atoms with van der Waals surface area (Å²) in [5, 5.41) is 6.53. The van der Waals surface area contributed by atoms with Gasteiger partial charge in [0.1, 0.15) is 10.6 Å². The summed E-state index contributed by atoms with van der Waals surface area (Å²) < 4.78 is 33.9. The minimum absolute atomic E-state index is 0.258. The van der Waals surface area contributed by atoms with Crippen molar-refractivity contribution in [2.24, 2.45) is 0 Å². The molecule has 1 aromatic heterocycles. The van der Waals surface area contributed by atoms with Crippen LogP contribution in [0.25, 0.3) is 0 Å². The highest BCUT2D eigenvalue weighted by atomic mass is 79.9. The van der Waals surface area contributed by atoms with Gasteiger partial charge in [-0.15, -0.1) is 11.8 Å². The Bertz CT molecular complexity index is 847. The number of benzene rings is 1. The first-order valence-electron chi connectivity index (χ1n) is 7.34. The summed E-state index contributed by atoms with van der Waals surface area (Å²) in [6, 6.07) is 5.67. The molecule has 1 unspecified atom stereocenters. The Labute approximate surface area is 154 Å². The first kappa shape index (κ1) is 17.8. The van der Waals surface area contributed by atoms with Crippen molar-refractivity contribution < 1.29 is 13.2 Å². The van der Waals surface area contributed by atoms with Crippen LogP contribution in [0.4, 0.5) is 0 Å². The fourth-order valence-electron chi connectivity index (χ4n) is 2.84. The average Bonchev–Trinajstić information content (AvgIpc) is 3.14.